The van der Waals surface area contributed by atoms with Gasteiger partial charge in [-0.3, -0.25) is 9.59 Å². The van der Waals surface area contributed by atoms with Crippen molar-refractivity contribution in [3.05, 3.63) is 23.8 Å². The monoisotopic (exact) mass is 334 g/mol. The molecule has 0 aliphatic carbocycles. The Morgan fingerprint density at radius 1 is 1.29 bits per heavy atom. The van der Waals surface area contributed by atoms with Crippen molar-refractivity contribution in [2.45, 2.75) is 39.2 Å². The Labute approximate surface area is 142 Å². The van der Waals surface area contributed by atoms with Crippen LogP contribution in [0, 0.1) is 5.92 Å². The molecule has 6 heteroatoms. The van der Waals surface area contributed by atoms with Gasteiger partial charge in [-0.05, 0) is 43.4 Å². The summed E-state index contributed by atoms with van der Waals surface area (Å²) in [5.74, 6) is 0.849. The van der Waals surface area contributed by atoms with Gasteiger partial charge in [-0.25, -0.2) is 0 Å². The Morgan fingerprint density at radius 3 is 2.67 bits per heavy atom. The molecule has 1 aliphatic rings. The molecule has 0 aromatic heterocycles. The maximum absolute atomic E-state index is 12.8. The Morgan fingerprint density at radius 2 is 2.04 bits per heavy atom. The second-order valence-corrected chi connectivity index (χ2v) is 6.48. The maximum Gasteiger partial charge on any atom is 0.254 e. The standard InChI is InChI=1S/C18H26N2O4/c1-12(2)11-24-15-8-7-13(10-16(15)23-3)18(22)20-9-5-4-6-14(20)17(19)21/h7-8,10,12,14H,4-6,9,11H2,1-3H3,(H2,19,21). The Bertz CT molecular complexity index is 601. The number of amides is 2. The second-order valence-electron chi connectivity index (χ2n) is 6.48. The van der Waals surface area contributed by atoms with Crippen molar-refractivity contribution in [3.63, 3.8) is 0 Å². The van der Waals surface area contributed by atoms with Crippen LogP contribution in [0.2, 0.25) is 0 Å². The molecule has 132 valence electrons. The molecule has 1 aromatic carbocycles. The van der Waals surface area contributed by atoms with E-state index >= 15 is 0 Å². The lowest BCUT2D eigenvalue weighted by atomic mass is 10.00. The summed E-state index contributed by atoms with van der Waals surface area (Å²) in [6.45, 7) is 5.23. The number of likely N-dealkylation sites (tertiary alicyclic amines) is 1. The first-order valence-corrected chi connectivity index (χ1v) is 8.35. The van der Waals surface area contributed by atoms with E-state index in [0.717, 1.165) is 12.8 Å². The molecule has 0 bridgehead atoms. The Kier molecular flexibility index (Phi) is 6.06. The summed E-state index contributed by atoms with van der Waals surface area (Å²) < 4.78 is 11.0. The second kappa shape index (κ2) is 8.04. The summed E-state index contributed by atoms with van der Waals surface area (Å²) in [7, 11) is 1.54. The first-order valence-electron chi connectivity index (χ1n) is 8.35. The first kappa shape index (κ1) is 18.1. The number of methoxy groups -OCH3 is 1. The normalized spacial score (nSPS) is 17.7. The third kappa shape index (κ3) is 4.19. The fourth-order valence-corrected chi connectivity index (χ4v) is 2.81. The molecule has 6 nitrogen and oxygen atoms in total. The van der Waals surface area contributed by atoms with Crippen molar-refractivity contribution < 1.29 is 19.1 Å². The number of nitrogens with zero attached hydrogens (tertiary/aromatic N) is 1. The summed E-state index contributed by atoms with van der Waals surface area (Å²) in [5, 5.41) is 0. The third-order valence-electron chi connectivity index (χ3n) is 4.07. The minimum Gasteiger partial charge on any atom is -0.493 e. The van der Waals surface area contributed by atoms with Gasteiger partial charge in [0.05, 0.1) is 13.7 Å². The van der Waals surface area contributed by atoms with Crippen LogP contribution >= 0.6 is 0 Å². The van der Waals surface area contributed by atoms with E-state index in [4.69, 9.17) is 15.2 Å². The fraction of sp³-hybridized carbons (Fsp3) is 0.556. The van der Waals surface area contributed by atoms with Crippen LogP contribution in [0.1, 0.15) is 43.5 Å². The number of hydrogen-bond donors (Lipinski definition) is 1. The van der Waals surface area contributed by atoms with Crippen molar-refractivity contribution >= 4 is 11.8 Å². The molecule has 0 spiro atoms. The zero-order valence-electron chi connectivity index (χ0n) is 14.6. The molecule has 24 heavy (non-hydrogen) atoms. The maximum atomic E-state index is 12.8. The highest BCUT2D eigenvalue weighted by Crippen LogP contribution is 2.30. The van der Waals surface area contributed by atoms with Crippen molar-refractivity contribution in [2.24, 2.45) is 11.7 Å². The molecule has 1 aliphatic heterocycles. The van der Waals surface area contributed by atoms with Gasteiger partial charge in [0.15, 0.2) is 11.5 Å². The van der Waals surface area contributed by atoms with Crippen LogP contribution in [0.25, 0.3) is 0 Å². The van der Waals surface area contributed by atoms with Gasteiger partial charge in [0.2, 0.25) is 5.91 Å². The minimum absolute atomic E-state index is 0.202. The predicted molar refractivity (Wildman–Crippen MR) is 91.2 cm³/mol. The van der Waals surface area contributed by atoms with E-state index in [1.54, 1.807) is 30.2 Å². The molecule has 0 radical (unpaired) electrons. The summed E-state index contributed by atoms with van der Waals surface area (Å²) >= 11 is 0. The molecule has 1 heterocycles. The Hall–Kier alpha value is -2.24. The third-order valence-corrected chi connectivity index (χ3v) is 4.07. The van der Waals surface area contributed by atoms with Gasteiger partial charge in [0.1, 0.15) is 6.04 Å². The molecule has 1 saturated heterocycles. The number of hydrogen-bond acceptors (Lipinski definition) is 4. The van der Waals surface area contributed by atoms with E-state index in [9.17, 15) is 9.59 Å². The molecule has 2 rings (SSSR count). The molecule has 2 N–H and O–H groups in total. The molecule has 1 aromatic rings. The zero-order valence-corrected chi connectivity index (χ0v) is 14.6. The molecule has 1 atom stereocenters. The smallest absolute Gasteiger partial charge is 0.254 e. The SMILES string of the molecule is COc1cc(C(=O)N2CCCCC2C(N)=O)ccc1OCC(C)C. The summed E-state index contributed by atoms with van der Waals surface area (Å²) in [4.78, 5) is 26.0. The summed E-state index contributed by atoms with van der Waals surface area (Å²) in [5.41, 5.74) is 5.91. The molecule has 1 fully saturated rings. The molecular formula is C18H26N2O4. The lowest BCUT2D eigenvalue weighted by Crippen LogP contribution is -2.50. The number of ether oxygens (including phenoxy) is 2. The number of rotatable bonds is 6. The van der Waals surface area contributed by atoms with Gasteiger partial charge in [0, 0.05) is 12.1 Å². The van der Waals surface area contributed by atoms with Crippen LogP contribution in [0.5, 0.6) is 11.5 Å². The number of piperidine rings is 1. The highest BCUT2D eigenvalue weighted by Gasteiger charge is 2.31. The highest BCUT2D eigenvalue weighted by atomic mass is 16.5. The van der Waals surface area contributed by atoms with Crippen LogP contribution in [0.15, 0.2) is 18.2 Å². The largest absolute Gasteiger partial charge is 0.493 e. The topological polar surface area (TPSA) is 81.9 Å². The van der Waals surface area contributed by atoms with E-state index < -0.39 is 11.9 Å². The van der Waals surface area contributed by atoms with Crippen molar-refractivity contribution in [3.8, 4) is 11.5 Å². The van der Waals surface area contributed by atoms with E-state index in [2.05, 4.69) is 13.8 Å². The molecule has 1 unspecified atom stereocenters. The lowest BCUT2D eigenvalue weighted by molar-refractivity contribution is -0.123. The average Bonchev–Trinajstić information content (AvgIpc) is 2.59. The van der Waals surface area contributed by atoms with Gasteiger partial charge in [-0.15, -0.1) is 0 Å². The molecule has 0 saturated carbocycles. The average molecular weight is 334 g/mol. The number of carbonyl (C=O) groups is 2. The van der Waals surface area contributed by atoms with E-state index in [1.165, 1.54) is 0 Å². The summed E-state index contributed by atoms with van der Waals surface area (Å²) in [6.07, 6.45) is 2.40. The van der Waals surface area contributed by atoms with Gasteiger partial charge in [0.25, 0.3) is 5.91 Å². The van der Waals surface area contributed by atoms with Gasteiger partial charge in [-0.1, -0.05) is 13.8 Å². The van der Waals surface area contributed by atoms with E-state index in [0.29, 0.717) is 42.6 Å². The molecule has 2 amide bonds. The first-order chi connectivity index (χ1) is 11.4. The minimum atomic E-state index is -0.533. The van der Waals surface area contributed by atoms with Crippen LogP contribution in [-0.4, -0.2) is 43.0 Å². The zero-order chi connectivity index (χ0) is 17.7. The van der Waals surface area contributed by atoms with Gasteiger partial charge >= 0.3 is 0 Å². The quantitative estimate of drug-likeness (QED) is 0.865. The van der Waals surface area contributed by atoms with E-state index in [1.807, 2.05) is 0 Å². The lowest BCUT2D eigenvalue weighted by Gasteiger charge is -2.33. The number of benzene rings is 1. The van der Waals surface area contributed by atoms with Crippen LogP contribution in [-0.2, 0) is 4.79 Å². The Balaban J connectivity index is 2.21. The van der Waals surface area contributed by atoms with Gasteiger partial charge < -0.3 is 20.1 Å². The fourth-order valence-electron chi connectivity index (χ4n) is 2.81. The number of nitrogens with two attached hydrogens (primary N) is 1. The van der Waals surface area contributed by atoms with Crippen molar-refractivity contribution in [1.82, 2.24) is 4.90 Å². The predicted octanol–water partition coefficient (Wildman–Crippen LogP) is 2.21. The van der Waals surface area contributed by atoms with Crippen molar-refractivity contribution in [1.29, 1.82) is 0 Å². The van der Waals surface area contributed by atoms with E-state index in [-0.39, 0.29) is 5.91 Å². The van der Waals surface area contributed by atoms with Gasteiger partial charge in [-0.2, -0.15) is 0 Å². The molecular weight excluding hydrogens is 308 g/mol. The number of primary amides is 1. The number of carbonyl (C=O) groups excluding carboxylic acids is 2. The van der Waals surface area contributed by atoms with Crippen LogP contribution in [0.4, 0.5) is 0 Å². The highest BCUT2D eigenvalue weighted by molar-refractivity contribution is 5.98. The van der Waals surface area contributed by atoms with Crippen molar-refractivity contribution in [2.75, 3.05) is 20.3 Å². The van der Waals surface area contributed by atoms with Crippen LogP contribution in [0.3, 0.4) is 0 Å². The van der Waals surface area contributed by atoms with Crippen LogP contribution < -0.4 is 15.2 Å². The summed E-state index contributed by atoms with van der Waals surface area (Å²) in [6, 6.07) is 4.56.